The second-order valence-electron chi connectivity index (χ2n) is 5.00. The van der Waals surface area contributed by atoms with E-state index in [0.29, 0.717) is 6.54 Å². The standard InChI is InChI=1S/C15H16N2O2/c18-15(19)14-4-2-8-17(14)10-11-5-6-13-12(9-11)3-1-7-16-13/h1,3,5-7,9,14H,2,4,8,10H2,(H,18,19). The van der Waals surface area contributed by atoms with Crippen LogP contribution in [0.15, 0.2) is 36.5 Å². The minimum atomic E-state index is -0.708. The van der Waals surface area contributed by atoms with Gasteiger partial charge in [0, 0.05) is 18.1 Å². The molecule has 4 nitrogen and oxygen atoms in total. The van der Waals surface area contributed by atoms with Gasteiger partial charge in [-0.15, -0.1) is 0 Å². The topological polar surface area (TPSA) is 53.4 Å². The highest BCUT2D eigenvalue weighted by molar-refractivity contribution is 5.79. The molecule has 0 bridgehead atoms. The third-order valence-electron chi connectivity index (χ3n) is 3.70. The molecular weight excluding hydrogens is 240 g/mol. The smallest absolute Gasteiger partial charge is 0.320 e. The number of nitrogens with zero attached hydrogens (tertiary/aromatic N) is 2. The Morgan fingerprint density at radius 1 is 1.42 bits per heavy atom. The normalized spacial score (nSPS) is 19.9. The molecule has 0 aliphatic carbocycles. The zero-order valence-electron chi connectivity index (χ0n) is 10.6. The lowest BCUT2D eigenvalue weighted by atomic mass is 10.1. The van der Waals surface area contributed by atoms with Crippen LogP contribution in [0.25, 0.3) is 10.9 Å². The Morgan fingerprint density at radius 2 is 2.32 bits per heavy atom. The summed E-state index contributed by atoms with van der Waals surface area (Å²) in [6.45, 7) is 1.56. The van der Waals surface area contributed by atoms with Gasteiger partial charge in [-0.2, -0.15) is 0 Å². The lowest BCUT2D eigenvalue weighted by Gasteiger charge is -2.21. The summed E-state index contributed by atoms with van der Waals surface area (Å²) >= 11 is 0. The summed E-state index contributed by atoms with van der Waals surface area (Å²) < 4.78 is 0. The first kappa shape index (κ1) is 12.1. The maximum absolute atomic E-state index is 11.2. The van der Waals surface area contributed by atoms with Crippen LogP contribution in [0.5, 0.6) is 0 Å². The molecule has 19 heavy (non-hydrogen) atoms. The van der Waals surface area contributed by atoms with Crippen molar-refractivity contribution in [2.75, 3.05) is 6.54 Å². The summed E-state index contributed by atoms with van der Waals surface area (Å²) in [7, 11) is 0. The zero-order valence-corrected chi connectivity index (χ0v) is 10.6. The van der Waals surface area contributed by atoms with E-state index in [4.69, 9.17) is 0 Å². The number of hydrogen-bond donors (Lipinski definition) is 1. The number of carboxylic acid groups (broad SMARTS) is 1. The molecular formula is C15H16N2O2. The van der Waals surface area contributed by atoms with Gasteiger partial charge >= 0.3 is 5.97 Å². The lowest BCUT2D eigenvalue weighted by molar-refractivity contribution is -0.142. The molecule has 1 N–H and O–H groups in total. The Morgan fingerprint density at radius 3 is 3.16 bits per heavy atom. The molecule has 0 radical (unpaired) electrons. The Kier molecular flexibility index (Phi) is 3.17. The largest absolute Gasteiger partial charge is 0.480 e. The maximum Gasteiger partial charge on any atom is 0.320 e. The fraction of sp³-hybridized carbons (Fsp3) is 0.333. The molecule has 0 amide bonds. The quantitative estimate of drug-likeness (QED) is 0.915. The summed E-state index contributed by atoms with van der Waals surface area (Å²) in [6, 6.07) is 9.75. The van der Waals surface area contributed by atoms with Gasteiger partial charge in [-0.1, -0.05) is 12.1 Å². The van der Waals surface area contributed by atoms with Crippen LogP contribution in [0, 0.1) is 0 Å². The van der Waals surface area contributed by atoms with E-state index in [-0.39, 0.29) is 6.04 Å². The van der Waals surface area contributed by atoms with Crippen molar-refractivity contribution < 1.29 is 9.90 Å². The molecule has 4 heteroatoms. The van der Waals surface area contributed by atoms with Crippen molar-refractivity contribution in [2.24, 2.45) is 0 Å². The first-order valence-corrected chi connectivity index (χ1v) is 6.54. The van der Waals surface area contributed by atoms with Crippen molar-refractivity contribution in [3.63, 3.8) is 0 Å². The van der Waals surface area contributed by atoms with Crippen LogP contribution in [0.3, 0.4) is 0 Å². The SMILES string of the molecule is O=C(O)C1CCCN1Cc1ccc2ncccc2c1. The van der Waals surface area contributed by atoms with Crippen molar-refractivity contribution in [1.29, 1.82) is 0 Å². The maximum atomic E-state index is 11.2. The van der Waals surface area contributed by atoms with Crippen molar-refractivity contribution >= 4 is 16.9 Å². The highest BCUT2D eigenvalue weighted by Gasteiger charge is 2.30. The Labute approximate surface area is 111 Å². The van der Waals surface area contributed by atoms with Gasteiger partial charge < -0.3 is 5.11 Å². The van der Waals surface area contributed by atoms with Crippen LogP contribution in [-0.4, -0.2) is 33.5 Å². The van der Waals surface area contributed by atoms with Gasteiger partial charge in [0.05, 0.1) is 5.52 Å². The van der Waals surface area contributed by atoms with E-state index in [2.05, 4.69) is 11.1 Å². The molecule has 0 spiro atoms. The number of aromatic nitrogens is 1. The van der Waals surface area contributed by atoms with E-state index in [1.54, 1.807) is 6.20 Å². The van der Waals surface area contributed by atoms with E-state index in [1.807, 2.05) is 29.2 Å². The predicted octanol–water partition coefficient (Wildman–Crippen LogP) is 2.28. The fourth-order valence-electron chi connectivity index (χ4n) is 2.75. The first-order chi connectivity index (χ1) is 9.24. The van der Waals surface area contributed by atoms with Gasteiger partial charge in [0.1, 0.15) is 6.04 Å². The summed E-state index contributed by atoms with van der Waals surface area (Å²) in [5, 5.41) is 10.3. The highest BCUT2D eigenvalue weighted by Crippen LogP contribution is 2.21. The third-order valence-corrected chi connectivity index (χ3v) is 3.70. The number of aliphatic carboxylic acids is 1. The number of pyridine rings is 1. The van der Waals surface area contributed by atoms with Crippen molar-refractivity contribution in [2.45, 2.75) is 25.4 Å². The van der Waals surface area contributed by atoms with E-state index >= 15 is 0 Å². The van der Waals surface area contributed by atoms with Crippen molar-refractivity contribution in [1.82, 2.24) is 9.88 Å². The molecule has 1 aliphatic rings. The molecule has 1 saturated heterocycles. The number of rotatable bonds is 3. The molecule has 98 valence electrons. The Bertz CT molecular complexity index is 612. The predicted molar refractivity (Wildman–Crippen MR) is 72.8 cm³/mol. The van der Waals surface area contributed by atoms with E-state index < -0.39 is 5.97 Å². The van der Waals surface area contributed by atoms with Crippen LogP contribution < -0.4 is 0 Å². The minimum Gasteiger partial charge on any atom is -0.480 e. The molecule has 1 fully saturated rings. The molecule has 2 heterocycles. The fourth-order valence-corrected chi connectivity index (χ4v) is 2.75. The van der Waals surface area contributed by atoms with Gasteiger partial charge in [-0.3, -0.25) is 14.7 Å². The van der Waals surface area contributed by atoms with E-state index in [1.165, 1.54) is 0 Å². The minimum absolute atomic E-state index is 0.329. The van der Waals surface area contributed by atoms with Crippen LogP contribution in [0.4, 0.5) is 0 Å². The number of fused-ring (bicyclic) bond motifs is 1. The molecule has 1 aromatic heterocycles. The van der Waals surface area contributed by atoms with Gasteiger partial charge in [0.25, 0.3) is 0 Å². The van der Waals surface area contributed by atoms with Crippen LogP contribution in [0.1, 0.15) is 18.4 Å². The summed E-state index contributed by atoms with van der Waals surface area (Å²) in [5.74, 6) is -0.708. The van der Waals surface area contributed by atoms with Crippen molar-refractivity contribution in [3.05, 3.63) is 42.1 Å². The number of carbonyl (C=O) groups is 1. The Hall–Kier alpha value is -1.94. The number of likely N-dealkylation sites (tertiary alicyclic amines) is 1. The van der Waals surface area contributed by atoms with Crippen LogP contribution in [-0.2, 0) is 11.3 Å². The van der Waals surface area contributed by atoms with E-state index in [0.717, 1.165) is 35.9 Å². The highest BCUT2D eigenvalue weighted by atomic mass is 16.4. The number of carboxylic acids is 1. The van der Waals surface area contributed by atoms with Gasteiger partial charge in [-0.25, -0.2) is 0 Å². The second kappa shape index (κ2) is 4.97. The summed E-state index contributed by atoms with van der Waals surface area (Å²) in [4.78, 5) is 17.5. The molecule has 1 aromatic carbocycles. The van der Waals surface area contributed by atoms with Crippen LogP contribution in [0.2, 0.25) is 0 Å². The summed E-state index contributed by atoms with van der Waals surface area (Å²) in [6.07, 6.45) is 3.50. The van der Waals surface area contributed by atoms with E-state index in [9.17, 15) is 9.90 Å². The molecule has 1 atom stereocenters. The first-order valence-electron chi connectivity index (χ1n) is 6.54. The molecule has 2 aromatic rings. The lowest BCUT2D eigenvalue weighted by Crippen LogP contribution is -2.35. The average Bonchev–Trinajstić information content (AvgIpc) is 2.87. The molecule has 1 unspecified atom stereocenters. The summed E-state index contributed by atoms with van der Waals surface area (Å²) in [5.41, 5.74) is 2.12. The van der Waals surface area contributed by atoms with Gasteiger partial charge in [0.15, 0.2) is 0 Å². The number of hydrogen-bond acceptors (Lipinski definition) is 3. The monoisotopic (exact) mass is 256 g/mol. The Balaban J connectivity index is 1.83. The number of benzene rings is 1. The van der Waals surface area contributed by atoms with Gasteiger partial charge in [0.2, 0.25) is 0 Å². The second-order valence-corrected chi connectivity index (χ2v) is 5.00. The molecule has 1 aliphatic heterocycles. The molecule has 3 rings (SSSR count). The van der Waals surface area contributed by atoms with Gasteiger partial charge in [-0.05, 0) is 43.1 Å². The third kappa shape index (κ3) is 2.44. The molecule has 0 saturated carbocycles. The average molecular weight is 256 g/mol. The van der Waals surface area contributed by atoms with Crippen molar-refractivity contribution in [3.8, 4) is 0 Å². The zero-order chi connectivity index (χ0) is 13.2. The van der Waals surface area contributed by atoms with Crippen LogP contribution >= 0.6 is 0 Å².